The minimum Gasteiger partial charge on any atom is -0.325 e. The number of carbonyl (C=O) groups is 1. The average Bonchev–Trinajstić information content (AvgIpc) is 2.85. The van der Waals surface area contributed by atoms with Crippen LogP contribution in [0.2, 0.25) is 10.0 Å². The molecule has 0 spiro atoms. The molecule has 108 valence electrons. The maximum atomic E-state index is 12.0. The van der Waals surface area contributed by atoms with E-state index in [4.69, 9.17) is 28.3 Å². The second-order valence-corrected chi connectivity index (χ2v) is 6.78. The number of nitrogens with one attached hydrogen (secondary N) is 1. The zero-order valence-electron chi connectivity index (χ0n) is 10.3. The van der Waals surface area contributed by atoms with Gasteiger partial charge in [-0.25, -0.2) is 13.6 Å². The summed E-state index contributed by atoms with van der Waals surface area (Å²) in [6.45, 7) is 0. The summed E-state index contributed by atoms with van der Waals surface area (Å²) < 4.78 is 23.1. The Morgan fingerprint density at radius 3 is 2.30 bits per heavy atom. The third kappa shape index (κ3) is 3.32. The minimum absolute atomic E-state index is 0.0406. The normalized spacial score (nSPS) is 15.6. The predicted molar refractivity (Wildman–Crippen MR) is 78.3 cm³/mol. The highest BCUT2D eigenvalue weighted by molar-refractivity contribution is 7.89. The molecule has 5 nitrogen and oxygen atoms in total. The first-order valence-electron chi connectivity index (χ1n) is 5.76. The Labute approximate surface area is 126 Å². The molecular weight excluding hydrogens is 323 g/mol. The van der Waals surface area contributed by atoms with Crippen LogP contribution in [0.15, 0.2) is 29.2 Å². The Balaban J connectivity index is 2.35. The van der Waals surface area contributed by atoms with Gasteiger partial charge in [0.05, 0.1) is 15.7 Å². The van der Waals surface area contributed by atoms with Gasteiger partial charge in [0.15, 0.2) is 0 Å². The molecule has 20 heavy (non-hydrogen) atoms. The fourth-order valence-electron chi connectivity index (χ4n) is 1.93. The molecule has 0 bridgehead atoms. The monoisotopic (exact) mass is 334 g/mol. The highest BCUT2D eigenvalue weighted by atomic mass is 35.5. The molecule has 0 fully saturated rings. The van der Waals surface area contributed by atoms with Gasteiger partial charge in [-0.1, -0.05) is 35.4 Å². The van der Waals surface area contributed by atoms with E-state index >= 15 is 0 Å². The molecule has 1 aliphatic carbocycles. The molecule has 3 N–H and O–H groups in total. The number of allylic oxidation sites excluding steroid dienone is 2. The number of amides is 1. The second kappa shape index (κ2) is 5.73. The number of hydrogen-bond donors (Lipinski definition) is 2. The first-order valence-corrected chi connectivity index (χ1v) is 8.07. The van der Waals surface area contributed by atoms with Crippen LogP contribution in [0.1, 0.15) is 12.8 Å². The Morgan fingerprint density at radius 1 is 1.20 bits per heavy atom. The van der Waals surface area contributed by atoms with E-state index < -0.39 is 10.0 Å². The van der Waals surface area contributed by atoms with E-state index in [2.05, 4.69) is 5.32 Å². The van der Waals surface area contributed by atoms with Crippen LogP contribution in [0.5, 0.6) is 0 Å². The van der Waals surface area contributed by atoms with Crippen LogP contribution >= 0.6 is 23.2 Å². The Bertz CT molecular complexity index is 678. The predicted octanol–water partition coefficient (Wildman–Crippen LogP) is 2.55. The number of sulfonamides is 1. The van der Waals surface area contributed by atoms with Gasteiger partial charge in [-0.15, -0.1) is 0 Å². The third-order valence-electron chi connectivity index (χ3n) is 2.97. The Morgan fingerprint density at radius 2 is 1.75 bits per heavy atom. The molecule has 1 aliphatic rings. The van der Waals surface area contributed by atoms with Crippen molar-refractivity contribution in [1.29, 1.82) is 0 Å². The number of anilines is 1. The maximum Gasteiger partial charge on any atom is 0.240 e. The molecule has 0 aliphatic heterocycles. The van der Waals surface area contributed by atoms with Crippen molar-refractivity contribution >= 4 is 44.8 Å². The summed E-state index contributed by atoms with van der Waals surface area (Å²) in [5.41, 5.74) is 0.0406. The minimum atomic E-state index is -4.02. The van der Waals surface area contributed by atoms with Crippen molar-refractivity contribution in [1.82, 2.24) is 0 Å². The van der Waals surface area contributed by atoms with Crippen LogP contribution in [0.3, 0.4) is 0 Å². The summed E-state index contributed by atoms with van der Waals surface area (Å²) in [5, 5.41) is 7.85. The molecular formula is C12H12Cl2N2O3S. The topological polar surface area (TPSA) is 89.3 Å². The van der Waals surface area contributed by atoms with Gasteiger partial charge >= 0.3 is 0 Å². The van der Waals surface area contributed by atoms with Crippen molar-refractivity contribution in [2.75, 3.05) is 5.32 Å². The van der Waals surface area contributed by atoms with Crippen molar-refractivity contribution in [3.8, 4) is 0 Å². The lowest BCUT2D eigenvalue weighted by Gasteiger charge is -2.14. The first-order chi connectivity index (χ1) is 9.29. The van der Waals surface area contributed by atoms with Gasteiger partial charge in [0.1, 0.15) is 4.90 Å². The molecule has 0 saturated carbocycles. The average molecular weight is 335 g/mol. The summed E-state index contributed by atoms with van der Waals surface area (Å²) in [5.74, 6) is -0.490. The lowest BCUT2D eigenvalue weighted by molar-refractivity contribution is -0.119. The number of rotatable bonds is 3. The Hall–Kier alpha value is -1.08. The van der Waals surface area contributed by atoms with Crippen LogP contribution in [-0.4, -0.2) is 14.3 Å². The van der Waals surface area contributed by atoms with Crippen LogP contribution in [-0.2, 0) is 14.8 Å². The Kier molecular flexibility index (Phi) is 4.39. The van der Waals surface area contributed by atoms with E-state index in [0.29, 0.717) is 12.8 Å². The van der Waals surface area contributed by atoms with E-state index in [9.17, 15) is 13.2 Å². The largest absolute Gasteiger partial charge is 0.325 e. The summed E-state index contributed by atoms with van der Waals surface area (Å²) in [6, 6.07) is 2.41. The molecule has 0 aromatic heterocycles. The number of hydrogen-bond acceptors (Lipinski definition) is 3. The van der Waals surface area contributed by atoms with Crippen molar-refractivity contribution in [3.05, 3.63) is 34.3 Å². The van der Waals surface area contributed by atoms with Crippen molar-refractivity contribution in [2.24, 2.45) is 11.1 Å². The number of halogens is 2. The lowest BCUT2D eigenvalue weighted by Crippen LogP contribution is -2.23. The van der Waals surface area contributed by atoms with Gasteiger partial charge < -0.3 is 5.32 Å². The van der Waals surface area contributed by atoms with Gasteiger partial charge in [0.25, 0.3) is 0 Å². The quantitative estimate of drug-likeness (QED) is 0.832. The van der Waals surface area contributed by atoms with Crippen LogP contribution in [0, 0.1) is 5.92 Å². The standard InChI is InChI=1S/C12H12Cl2N2O3S/c13-8-5-10(11(6-9(8)14)20(15,18)19)16-12(17)7-3-1-2-4-7/h1-2,5-7H,3-4H2,(H,16,17)(H2,15,18,19). The van der Waals surface area contributed by atoms with E-state index in [1.807, 2.05) is 12.2 Å². The van der Waals surface area contributed by atoms with Crippen LogP contribution in [0.4, 0.5) is 5.69 Å². The van der Waals surface area contributed by atoms with Crippen LogP contribution < -0.4 is 10.5 Å². The van der Waals surface area contributed by atoms with Crippen LogP contribution in [0.25, 0.3) is 0 Å². The molecule has 8 heteroatoms. The molecule has 0 unspecified atom stereocenters. The van der Waals surface area contributed by atoms with Crippen molar-refractivity contribution in [2.45, 2.75) is 17.7 Å². The highest BCUT2D eigenvalue weighted by Gasteiger charge is 2.23. The van der Waals surface area contributed by atoms with E-state index in [-0.39, 0.29) is 32.5 Å². The fourth-order valence-corrected chi connectivity index (χ4v) is 3.02. The molecule has 0 heterocycles. The number of nitrogens with two attached hydrogens (primary N) is 1. The molecule has 1 aromatic carbocycles. The maximum absolute atomic E-state index is 12.0. The lowest BCUT2D eigenvalue weighted by atomic mass is 10.1. The number of benzene rings is 1. The molecule has 1 amide bonds. The zero-order valence-corrected chi connectivity index (χ0v) is 12.6. The number of carbonyl (C=O) groups excluding carboxylic acids is 1. The third-order valence-corrected chi connectivity index (χ3v) is 4.64. The van der Waals surface area contributed by atoms with Gasteiger partial charge in [-0.05, 0) is 25.0 Å². The zero-order chi connectivity index (χ0) is 14.9. The summed E-state index contributed by atoms with van der Waals surface area (Å²) in [7, 11) is -4.02. The van der Waals surface area contributed by atoms with Gasteiger partial charge in [0, 0.05) is 5.92 Å². The van der Waals surface area contributed by atoms with E-state index in [1.165, 1.54) is 6.07 Å². The molecule has 0 radical (unpaired) electrons. The molecule has 1 aromatic rings. The van der Waals surface area contributed by atoms with Gasteiger partial charge in [-0.2, -0.15) is 0 Å². The fraction of sp³-hybridized carbons (Fsp3) is 0.250. The summed E-state index contributed by atoms with van der Waals surface area (Å²) in [4.78, 5) is 11.8. The second-order valence-electron chi connectivity index (χ2n) is 4.44. The van der Waals surface area contributed by atoms with E-state index in [1.54, 1.807) is 0 Å². The van der Waals surface area contributed by atoms with Gasteiger partial charge in [0.2, 0.25) is 15.9 Å². The molecule has 0 saturated heterocycles. The molecule has 0 atom stereocenters. The molecule has 2 rings (SSSR count). The summed E-state index contributed by atoms with van der Waals surface area (Å²) in [6.07, 6.45) is 5.05. The smallest absolute Gasteiger partial charge is 0.240 e. The SMILES string of the molecule is NS(=O)(=O)c1cc(Cl)c(Cl)cc1NC(=O)C1CC=CC1. The number of primary sulfonamides is 1. The van der Waals surface area contributed by atoms with E-state index in [0.717, 1.165) is 6.07 Å². The first kappa shape index (κ1) is 15.3. The van der Waals surface area contributed by atoms with Crippen molar-refractivity contribution in [3.63, 3.8) is 0 Å². The van der Waals surface area contributed by atoms with Gasteiger partial charge in [-0.3, -0.25) is 4.79 Å². The van der Waals surface area contributed by atoms with Crippen molar-refractivity contribution < 1.29 is 13.2 Å². The summed E-state index contributed by atoms with van der Waals surface area (Å²) >= 11 is 11.6. The highest BCUT2D eigenvalue weighted by Crippen LogP contribution is 2.32.